The third kappa shape index (κ3) is 3.55. The molecule has 0 unspecified atom stereocenters. The zero-order valence-electron chi connectivity index (χ0n) is 7.70. The highest BCUT2D eigenvalue weighted by Crippen LogP contribution is 2.03. The highest BCUT2D eigenvalue weighted by atomic mass is 35.5. The lowest BCUT2D eigenvalue weighted by atomic mass is 10.5. The van der Waals surface area contributed by atoms with Gasteiger partial charge in [0, 0.05) is 24.7 Å². The van der Waals surface area contributed by atoms with Crippen molar-refractivity contribution in [2.24, 2.45) is 0 Å². The molecule has 0 amide bonds. The lowest BCUT2D eigenvalue weighted by Crippen LogP contribution is -2.46. The minimum atomic E-state index is -3.42. The van der Waals surface area contributed by atoms with E-state index in [0.717, 1.165) is 0 Å². The van der Waals surface area contributed by atoms with Crippen LogP contribution in [0.15, 0.2) is 11.6 Å². The van der Waals surface area contributed by atoms with Crippen LogP contribution in [-0.4, -0.2) is 45.6 Å². The number of rotatable bonds is 4. The number of hydrogen-bond acceptors (Lipinski definition) is 3. The third-order valence-corrected chi connectivity index (χ3v) is 3.44. The van der Waals surface area contributed by atoms with Crippen molar-refractivity contribution < 1.29 is 13.2 Å². The summed E-state index contributed by atoms with van der Waals surface area (Å²) in [5.74, 6) is 0. The van der Waals surface area contributed by atoms with Crippen LogP contribution in [-0.2, 0) is 14.9 Å². The molecule has 0 aliphatic carbocycles. The molecular weight excluding hydrogens is 228 g/mol. The molecule has 1 rings (SSSR count). The molecule has 0 radical (unpaired) electrons. The van der Waals surface area contributed by atoms with E-state index in [0.29, 0.717) is 26.3 Å². The summed E-state index contributed by atoms with van der Waals surface area (Å²) in [4.78, 5) is 0. The van der Waals surface area contributed by atoms with Gasteiger partial charge in [-0.15, -0.1) is 0 Å². The van der Waals surface area contributed by atoms with E-state index < -0.39 is 10.2 Å². The van der Waals surface area contributed by atoms with Crippen molar-refractivity contribution in [1.29, 1.82) is 0 Å². The van der Waals surface area contributed by atoms with Gasteiger partial charge >= 0.3 is 0 Å². The molecule has 0 aromatic carbocycles. The second kappa shape index (κ2) is 5.09. The van der Waals surface area contributed by atoms with Gasteiger partial charge in [0.2, 0.25) is 0 Å². The molecule has 1 N–H and O–H groups in total. The zero-order chi connectivity index (χ0) is 10.6. The van der Waals surface area contributed by atoms with Gasteiger partial charge in [0.15, 0.2) is 0 Å². The first-order chi connectivity index (χ1) is 6.52. The summed E-state index contributed by atoms with van der Waals surface area (Å²) < 4.78 is 31.8. The largest absolute Gasteiger partial charge is 0.379 e. The normalized spacial score (nSPS) is 19.5. The van der Waals surface area contributed by atoms with Gasteiger partial charge in [-0.2, -0.15) is 17.4 Å². The summed E-state index contributed by atoms with van der Waals surface area (Å²) in [7, 11) is -3.42. The average molecular weight is 241 g/mol. The Bertz CT molecular complexity index is 298. The summed E-state index contributed by atoms with van der Waals surface area (Å²) in [6, 6.07) is 0. The van der Waals surface area contributed by atoms with Crippen molar-refractivity contribution in [3.05, 3.63) is 11.6 Å². The van der Waals surface area contributed by atoms with Gasteiger partial charge in [0.1, 0.15) is 0 Å². The molecule has 1 aliphatic rings. The molecule has 1 heterocycles. The number of ether oxygens (including phenoxy) is 1. The monoisotopic (exact) mass is 240 g/mol. The van der Waals surface area contributed by atoms with Crippen LogP contribution in [0.4, 0.5) is 0 Å². The highest BCUT2D eigenvalue weighted by molar-refractivity contribution is 7.87. The summed E-state index contributed by atoms with van der Waals surface area (Å²) in [6.45, 7) is 5.08. The fourth-order valence-electron chi connectivity index (χ4n) is 1.05. The van der Waals surface area contributed by atoms with Crippen LogP contribution in [0.3, 0.4) is 0 Å². The molecule has 0 atom stereocenters. The van der Waals surface area contributed by atoms with Gasteiger partial charge < -0.3 is 4.74 Å². The van der Waals surface area contributed by atoms with Crippen LogP contribution in [0, 0.1) is 0 Å². The zero-order valence-corrected chi connectivity index (χ0v) is 9.27. The standard InChI is InChI=1S/C7H13ClN2O3S/c1-7(8)6-9-14(11,12)10-2-4-13-5-3-10/h9H,1-6H2. The highest BCUT2D eigenvalue weighted by Gasteiger charge is 2.23. The quantitative estimate of drug-likeness (QED) is 0.747. The van der Waals surface area contributed by atoms with Gasteiger partial charge in [-0.25, -0.2) is 0 Å². The molecule has 0 saturated carbocycles. The number of hydrogen-bond donors (Lipinski definition) is 1. The first-order valence-corrected chi connectivity index (χ1v) is 6.00. The summed E-state index contributed by atoms with van der Waals surface area (Å²) in [5, 5.41) is 0.266. The van der Waals surface area contributed by atoms with E-state index in [1.165, 1.54) is 4.31 Å². The fraction of sp³-hybridized carbons (Fsp3) is 0.714. The Labute approximate surface area is 88.9 Å². The smallest absolute Gasteiger partial charge is 0.279 e. The van der Waals surface area contributed by atoms with Crippen molar-refractivity contribution in [3.8, 4) is 0 Å². The number of halogens is 1. The van der Waals surface area contributed by atoms with E-state index >= 15 is 0 Å². The number of nitrogens with one attached hydrogen (secondary N) is 1. The van der Waals surface area contributed by atoms with E-state index in [1.807, 2.05) is 0 Å². The molecule has 7 heteroatoms. The van der Waals surface area contributed by atoms with Crippen molar-refractivity contribution >= 4 is 21.8 Å². The van der Waals surface area contributed by atoms with Crippen molar-refractivity contribution in [1.82, 2.24) is 9.03 Å². The molecule has 0 spiro atoms. The van der Waals surface area contributed by atoms with Crippen LogP contribution in [0.25, 0.3) is 0 Å². The molecule has 5 nitrogen and oxygen atoms in total. The molecule has 0 aromatic rings. The maximum Gasteiger partial charge on any atom is 0.279 e. The first kappa shape index (κ1) is 11.9. The minimum Gasteiger partial charge on any atom is -0.379 e. The van der Waals surface area contributed by atoms with Gasteiger partial charge in [0.25, 0.3) is 10.2 Å². The van der Waals surface area contributed by atoms with Crippen molar-refractivity contribution in [2.75, 3.05) is 32.8 Å². The number of morpholine rings is 1. The first-order valence-electron chi connectivity index (χ1n) is 4.18. The molecular formula is C7H13ClN2O3S. The Balaban J connectivity index is 2.50. The van der Waals surface area contributed by atoms with Crippen LogP contribution < -0.4 is 4.72 Å². The summed E-state index contributed by atoms with van der Waals surface area (Å²) in [6.07, 6.45) is 0. The SMILES string of the molecule is C=C(Cl)CNS(=O)(=O)N1CCOCC1. The Morgan fingerprint density at radius 3 is 2.57 bits per heavy atom. The number of nitrogens with zero attached hydrogens (tertiary/aromatic N) is 1. The third-order valence-electron chi connectivity index (χ3n) is 1.76. The van der Waals surface area contributed by atoms with Crippen LogP contribution in [0.5, 0.6) is 0 Å². The predicted molar refractivity (Wildman–Crippen MR) is 54.3 cm³/mol. The predicted octanol–water partition coefficient (Wildman–Crippen LogP) is -0.0945. The maximum atomic E-state index is 11.5. The summed E-state index contributed by atoms with van der Waals surface area (Å²) in [5.41, 5.74) is 0. The van der Waals surface area contributed by atoms with Gasteiger partial charge in [-0.1, -0.05) is 18.2 Å². The second-order valence-corrected chi connectivity index (χ2v) is 5.14. The minimum absolute atomic E-state index is 0.0568. The maximum absolute atomic E-state index is 11.5. The van der Waals surface area contributed by atoms with E-state index in [-0.39, 0.29) is 11.6 Å². The van der Waals surface area contributed by atoms with Gasteiger partial charge in [-0.3, -0.25) is 0 Å². The fourth-order valence-corrected chi connectivity index (χ4v) is 2.36. The topological polar surface area (TPSA) is 58.6 Å². The van der Waals surface area contributed by atoms with Crippen molar-refractivity contribution in [3.63, 3.8) is 0 Å². The molecule has 82 valence electrons. The average Bonchev–Trinajstić information content (AvgIpc) is 2.16. The summed E-state index contributed by atoms with van der Waals surface area (Å²) >= 11 is 5.46. The van der Waals surface area contributed by atoms with Gasteiger partial charge in [-0.05, 0) is 0 Å². The Morgan fingerprint density at radius 1 is 1.50 bits per heavy atom. The molecule has 0 bridgehead atoms. The Kier molecular flexibility index (Phi) is 4.33. The van der Waals surface area contributed by atoms with E-state index in [9.17, 15) is 8.42 Å². The van der Waals surface area contributed by atoms with E-state index in [4.69, 9.17) is 16.3 Å². The van der Waals surface area contributed by atoms with E-state index in [1.54, 1.807) is 0 Å². The van der Waals surface area contributed by atoms with E-state index in [2.05, 4.69) is 11.3 Å². The Hall–Kier alpha value is -0.140. The van der Waals surface area contributed by atoms with Crippen LogP contribution >= 0.6 is 11.6 Å². The van der Waals surface area contributed by atoms with Crippen LogP contribution in [0.1, 0.15) is 0 Å². The molecule has 14 heavy (non-hydrogen) atoms. The van der Waals surface area contributed by atoms with Crippen molar-refractivity contribution in [2.45, 2.75) is 0 Å². The molecule has 1 aliphatic heterocycles. The molecule has 1 saturated heterocycles. The lowest BCUT2D eigenvalue weighted by Gasteiger charge is -2.25. The Morgan fingerprint density at radius 2 is 2.07 bits per heavy atom. The molecule has 0 aromatic heterocycles. The van der Waals surface area contributed by atoms with Gasteiger partial charge in [0.05, 0.1) is 13.2 Å². The second-order valence-electron chi connectivity index (χ2n) is 2.85. The van der Waals surface area contributed by atoms with Crippen LogP contribution in [0.2, 0.25) is 0 Å². The lowest BCUT2D eigenvalue weighted by molar-refractivity contribution is 0.0725. The molecule has 1 fully saturated rings.